The highest BCUT2D eigenvalue weighted by molar-refractivity contribution is 7.89. The van der Waals surface area contributed by atoms with E-state index in [2.05, 4.69) is 27.2 Å². The second-order valence-electron chi connectivity index (χ2n) is 7.62. The lowest BCUT2D eigenvalue weighted by atomic mass is 10.0. The van der Waals surface area contributed by atoms with E-state index >= 15 is 0 Å². The van der Waals surface area contributed by atoms with Gasteiger partial charge in [0.1, 0.15) is 11.9 Å². The van der Waals surface area contributed by atoms with Gasteiger partial charge >= 0.3 is 5.97 Å². The van der Waals surface area contributed by atoms with Gasteiger partial charge in [0.05, 0.1) is 4.90 Å². The summed E-state index contributed by atoms with van der Waals surface area (Å²) in [6.07, 6.45) is 6.79. The number of carboxylic acids is 1. The number of aliphatic carboxylic acids is 1. The molecule has 0 spiro atoms. The van der Waals surface area contributed by atoms with E-state index in [-0.39, 0.29) is 11.3 Å². The van der Waals surface area contributed by atoms with Gasteiger partial charge in [-0.1, -0.05) is 43.5 Å². The molecule has 1 aliphatic rings. The summed E-state index contributed by atoms with van der Waals surface area (Å²) >= 11 is 0. The van der Waals surface area contributed by atoms with E-state index in [0.717, 1.165) is 56.6 Å². The zero-order chi connectivity index (χ0) is 21.4. The Morgan fingerprint density at radius 3 is 2.63 bits per heavy atom. The number of fused-ring (bicyclic) bond motifs is 1. The van der Waals surface area contributed by atoms with Crippen molar-refractivity contribution in [1.29, 1.82) is 0 Å². The maximum atomic E-state index is 12.4. The molecule has 0 unspecified atom stereocenters. The highest BCUT2D eigenvalue weighted by atomic mass is 32.2. The molecule has 8 heteroatoms. The van der Waals surface area contributed by atoms with Crippen molar-refractivity contribution < 1.29 is 18.3 Å². The molecule has 1 aromatic heterocycles. The Labute approximate surface area is 178 Å². The van der Waals surface area contributed by atoms with Gasteiger partial charge in [0.25, 0.3) is 0 Å². The first-order valence-electron chi connectivity index (χ1n) is 10.5. The summed E-state index contributed by atoms with van der Waals surface area (Å²) < 4.78 is 27.0. The lowest BCUT2D eigenvalue weighted by Gasteiger charge is -2.17. The van der Waals surface area contributed by atoms with Gasteiger partial charge in [-0.25, -0.2) is 13.4 Å². The van der Waals surface area contributed by atoms with Crippen LogP contribution in [0.3, 0.4) is 0 Å². The first kappa shape index (κ1) is 22.2. The number of aryl methyl sites for hydroxylation is 2. The molecule has 1 aromatic carbocycles. The summed E-state index contributed by atoms with van der Waals surface area (Å²) in [4.78, 5) is 16.2. The number of carbonyl (C=O) groups is 1. The monoisotopic (exact) mass is 431 g/mol. The molecule has 7 nitrogen and oxygen atoms in total. The van der Waals surface area contributed by atoms with Gasteiger partial charge < -0.3 is 10.4 Å². The first-order chi connectivity index (χ1) is 14.5. The van der Waals surface area contributed by atoms with Crippen LogP contribution in [0, 0.1) is 0 Å². The number of benzene rings is 1. The smallest absolute Gasteiger partial charge is 0.321 e. The van der Waals surface area contributed by atoms with Crippen molar-refractivity contribution in [3.8, 4) is 0 Å². The van der Waals surface area contributed by atoms with E-state index in [4.69, 9.17) is 0 Å². The fraction of sp³-hybridized carbons (Fsp3) is 0.455. The summed E-state index contributed by atoms with van der Waals surface area (Å²) in [6.45, 7) is 0.974. The van der Waals surface area contributed by atoms with Crippen molar-refractivity contribution in [2.24, 2.45) is 0 Å². The first-order valence-corrected chi connectivity index (χ1v) is 12.0. The van der Waals surface area contributed by atoms with Crippen molar-refractivity contribution in [1.82, 2.24) is 9.71 Å². The van der Waals surface area contributed by atoms with Crippen molar-refractivity contribution in [2.75, 3.05) is 11.9 Å². The number of unbranched alkanes of at least 4 members (excludes halogenated alkanes) is 3. The zero-order valence-electron chi connectivity index (χ0n) is 17.0. The molecule has 0 radical (unpaired) electrons. The Kier molecular flexibility index (Phi) is 7.81. The number of nitrogens with zero attached hydrogens (tertiary/aromatic N) is 1. The molecule has 0 saturated heterocycles. The lowest BCUT2D eigenvalue weighted by molar-refractivity contribution is -0.139. The number of aromatic nitrogens is 1. The number of anilines is 1. The van der Waals surface area contributed by atoms with E-state index in [1.54, 1.807) is 18.2 Å². The van der Waals surface area contributed by atoms with Crippen molar-refractivity contribution >= 4 is 21.8 Å². The average molecular weight is 432 g/mol. The van der Waals surface area contributed by atoms with E-state index in [9.17, 15) is 18.3 Å². The van der Waals surface area contributed by atoms with Gasteiger partial charge in [-0.05, 0) is 55.9 Å². The molecule has 0 amide bonds. The van der Waals surface area contributed by atoms with Gasteiger partial charge in [0.2, 0.25) is 10.0 Å². The minimum atomic E-state index is -3.84. The third-order valence-electron chi connectivity index (χ3n) is 5.28. The molecule has 1 aliphatic heterocycles. The molecule has 1 atom stereocenters. The van der Waals surface area contributed by atoms with Crippen LogP contribution in [0.1, 0.15) is 49.8 Å². The van der Waals surface area contributed by atoms with Gasteiger partial charge in [0, 0.05) is 12.2 Å². The van der Waals surface area contributed by atoms with E-state index in [0.29, 0.717) is 6.42 Å². The topological polar surface area (TPSA) is 108 Å². The quantitative estimate of drug-likeness (QED) is 0.471. The highest BCUT2D eigenvalue weighted by Crippen LogP contribution is 2.20. The Bertz CT molecular complexity index is 948. The van der Waals surface area contributed by atoms with Gasteiger partial charge in [-0.15, -0.1) is 0 Å². The third-order valence-corrected chi connectivity index (χ3v) is 6.76. The Balaban J connectivity index is 1.40. The van der Waals surface area contributed by atoms with Crippen LogP contribution < -0.4 is 10.0 Å². The molecule has 3 N–H and O–H groups in total. The number of carboxylic acid groups (broad SMARTS) is 1. The van der Waals surface area contributed by atoms with Crippen molar-refractivity contribution in [2.45, 2.75) is 62.3 Å². The summed E-state index contributed by atoms with van der Waals surface area (Å²) in [6, 6.07) is 10.9. The fourth-order valence-electron chi connectivity index (χ4n) is 3.60. The largest absolute Gasteiger partial charge is 0.480 e. The Morgan fingerprint density at radius 2 is 1.87 bits per heavy atom. The molecule has 3 rings (SSSR count). The molecule has 0 aliphatic carbocycles. The minimum Gasteiger partial charge on any atom is -0.480 e. The van der Waals surface area contributed by atoms with Crippen LogP contribution >= 0.6 is 0 Å². The Morgan fingerprint density at radius 1 is 1.10 bits per heavy atom. The number of hydrogen-bond acceptors (Lipinski definition) is 5. The van der Waals surface area contributed by atoms with Gasteiger partial charge in [-0.3, -0.25) is 4.79 Å². The summed E-state index contributed by atoms with van der Waals surface area (Å²) in [5.41, 5.74) is 2.35. The van der Waals surface area contributed by atoms with Gasteiger partial charge in [-0.2, -0.15) is 4.72 Å². The van der Waals surface area contributed by atoms with Crippen LogP contribution in [-0.2, 0) is 27.7 Å². The number of pyridine rings is 1. The summed E-state index contributed by atoms with van der Waals surface area (Å²) in [5.74, 6) is -0.144. The molecular weight excluding hydrogens is 402 g/mol. The molecule has 0 saturated carbocycles. The van der Waals surface area contributed by atoms with E-state index in [1.165, 1.54) is 17.7 Å². The zero-order valence-corrected chi connectivity index (χ0v) is 17.8. The number of nitrogens with one attached hydrogen (secondary N) is 2. The molecule has 0 bridgehead atoms. The van der Waals surface area contributed by atoms with Crippen LogP contribution in [0.25, 0.3) is 0 Å². The minimum absolute atomic E-state index is 0.0725. The molecule has 0 fully saturated rings. The predicted molar refractivity (Wildman–Crippen MR) is 116 cm³/mol. The van der Waals surface area contributed by atoms with Gasteiger partial charge in [0.15, 0.2) is 0 Å². The summed E-state index contributed by atoms with van der Waals surface area (Å²) in [7, 11) is -3.84. The van der Waals surface area contributed by atoms with Crippen molar-refractivity contribution in [3.63, 3.8) is 0 Å². The van der Waals surface area contributed by atoms with E-state index < -0.39 is 22.0 Å². The molecular formula is C22H29N3O4S. The highest BCUT2D eigenvalue weighted by Gasteiger charge is 2.24. The lowest BCUT2D eigenvalue weighted by Crippen LogP contribution is -2.40. The number of rotatable bonds is 11. The fourth-order valence-corrected chi connectivity index (χ4v) is 4.85. The second kappa shape index (κ2) is 10.5. The maximum Gasteiger partial charge on any atom is 0.321 e. The second-order valence-corrected chi connectivity index (χ2v) is 9.33. The third kappa shape index (κ3) is 6.27. The number of hydrogen-bond donors (Lipinski definition) is 3. The molecule has 162 valence electrons. The Hall–Kier alpha value is -2.45. The van der Waals surface area contributed by atoms with Crippen LogP contribution in [0.15, 0.2) is 47.4 Å². The SMILES string of the molecule is O=C(O)[C@H](CCCCCCc1ccc2c(n1)NCCC2)NS(=O)(=O)c1ccccc1. The molecule has 2 heterocycles. The normalized spacial score (nSPS) is 14.5. The maximum absolute atomic E-state index is 12.4. The number of sulfonamides is 1. The van der Waals surface area contributed by atoms with Crippen LogP contribution in [0.4, 0.5) is 5.82 Å². The molecule has 30 heavy (non-hydrogen) atoms. The van der Waals surface area contributed by atoms with Crippen molar-refractivity contribution in [3.05, 3.63) is 53.7 Å². The standard InChI is InChI=1S/C22H29N3O4S/c26-22(27)20(25-30(28,29)19-11-5-3-6-12-19)13-7-2-1-4-10-18-15-14-17-9-8-16-23-21(17)24-18/h3,5-6,11-12,14-15,20,25H,1-2,4,7-10,13,16H2,(H,23,24)(H,26,27)/t20-/m0/s1. The molecule has 2 aromatic rings. The van der Waals surface area contributed by atoms with Crippen LogP contribution in [0.2, 0.25) is 0 Å². The predicted octanol–water partition coefficient (Wildman–Crippen LogP) is 3.36. The summed E-state index contributed by atoms with van der Waals surface area (Å²) in [5, 5.41) is 12.7. The average Bonchev–Trinajstić information content (AvgIpc) is 2.75. The van der Waals surface area contributed by atoms with Crippen LogP contribution in [-0.4, -0.2) is 37.1 Å². The van der Waals surface area contributed by atoms with E-state index in [1.807, 2.05) is 0 Å². The van der Waals surface area contributed by atoms with Crippen LogP contribution in [0.5, 0.6) is 0 Å².